The molecule has 0 bridgehead atoms. The van der Waals surface area contributed by atoms with Crippen LogP contribution in [0, 0.1) is 11.3 Å². The molecule has 4 nitrogen and oxygen atoms in total. The van der Waals surface area contributed by atoms with Gasteiger partial charge in [-0.3, -0.25) is 0 Å². The minimum Gasteiger partial charge on any atom is -0.207 e. The summed E-state index contributed by atoms with van der Waals surface area (Å²) in [7, 11) is -3.52. The van der Waals surface area contributed by atoms with Gasteiger partial charge in [0, 0.05) is 24.9 Å². The van der Waals surface area contributed by atoms with Crippen LogP contribution in [0.4, 0.5) is 0 Å². The number of hydrogen-bond donors (Lipinski definition) is 0. The van der Waals surface area contributed by atoms with Crippen molar-refractivity contribution in [2.75, 3.05) is 6.54 Å². The monoisotopic (exact) mass is 298 g/mol. The van der Waals surface area contributed by atoms with Crippen molar-refractivity contribution >= 4 is 21.6 Å². The Hall–Kier alpha value is -1.09. The molecular weight excluding hydrogens is 284 g/mol. The van der Waals surface area contributed by atoms with E-state index >= 15 is 0 Å². The lowest BCUT2D eigenvalue weighted by Crippen LogP contribution is -2.34. The van der Waals surface area contributed by atoms with Crippen LogP contribution in [-0.2, 0) is 15.9 Å². The number of halogens is 1. The van der Waals surface area contributed by atoms with Crippen molar-refractivity contribution < 1.29 is 8.42 Å². The number of alkyl halides is 1. The van der Waals surface area contributed by atoms with Crippen molar-refractivity contribution in [2.24, 2.45) is 0 Å². The summed E-state index contributed by atoms with van der Waals surface area (Å²) in [5.74, 6) is 0.283. The van der Waals surface area contributed by atoms with Crippen LogP contribution in [0.25, 0.3) is 0 Å². The fraction of sp³-hybridized carbons (Fsp3) is 0.462. The van der Waals surface area contributed by atoms with Crippen LogP contribution in [0.1, 0.15) is 24.8 Å². The highest BCUT2D eigenvalue weighted by Gasteiger charge is 2.37. The number of benzene rings is 1. The molecule has 19 heavy (non-hydrogen) atoms. The van der Waals surface area contributed by atoms with E-state index in [-0.39, 0.29) is 29.8 Å². The SMILES string of the molecule is N#CCCN(C1CC1)S(=O)(=O)c1cccc(CCl)c1. The average Bonchev–Trinajstić information content (AvgIpc) is 3.23. The maximum absolute atomic E-state index is 12.6. The first kappa shape index (κ1) is 14.3. The highest BCUT2D eigenvalue weighted by Crippen LogP contribution is 2.32. The second-order valence-corrected chi connectivity index (χ2v) is 6.69. The second kappa shape index (κ2) is 5.91. The van der Waals surface area contributed by atoms with Crippen LogP contribution >= 0.6 is 11.6 Å². The Balaban J connectivity index is 2.30. The zero-order chi connectivity index (χ0) is 13.9. The maximum Gasteiger partial charge on any atom is 0.243 e. The summed E-state index contributed by atoms with van der Waals surface area (Å²) in [6.07, 6.45) is 1.96. The number of hydrogen-bond acceptors (Lipinski definition) is 3. The molecule has 1 saturated carbocycles. The average molecular weight is 299 g/mol. The van der Waals surface area contributed by atoms with Crippen LogP contribution < -0.4 is 0 Å². The molecule has 0 amide bonds. The summed E-state index contributed by atoms with van der Waals surface area (Å²) in [4.78, 5) is 0.260. The van der Waals surface area contributed by atoms with Crippen molar-refractivity contribution in [2.45, 2.75) is 36.1 Å². The van der Waals surface area contributed by atoms with Crippen molar-refractivity contribution in [1.29, 1.82) is 5.26 Å². The van der Waals surface area contributed by atoms with Gasteiger partial charge < -0.3 is 0 Å². The summed E-state index contributed by atoms with van der Waals surface area (Å²) >= 11 is 5.74. The number of nitrogens with zero attached hydrogens (tertiary/aromatic N) is 2. The first-order valence-electron chi connectivity index (χ1n) is 6.13. The molecule has 0 aliphatic heterocycles. The van der Waals surface area contributed by atoms with Crippen LogP contribution in [0.3, 0.4) is 0 Å². The molecule has 0 radical (unpaired) electrons. The van der Waals surface area contributed by atoms with Crippen LogP contribution in [-0.4, -0.2) is 25.3 Å². The van der Waals surface area contributed by atoms with Crippen molar-refractivity contribution in [1.82, 2.24) is 4.31 Å². The van der Waals surface area contributed by atoms with E-state index in [9.17, 15) is 8.42 Å². The van der Waals surface area contributed by atoms with Gasteiger partial charge in [-0.25, -0.2) is 8.42 Å². The van der Waals surface area contributed by atoms with Crippen LogP contribution in [0.5, 0.6) is 0 Å². The Labute approximate surface area is 118 Å². The third-order valence-electron chi connectivity index (χ3n) is 3.06. The van der Waals surface area contributed by atoms with Gasteiger partial charge in [0.15, 0.2) is 0 Å². The zero-order valence-electron chi connectivity index (χ0n) is 10.4. The van der Waals surface area contributed by atoms with Gasteiger partial charge in [0.2, 0.25) is 10.0 Å². The Bertz CT molecular complexity index is 591. The molecule has 0 heterocycles. The molecule has 1 aromatic rings. The van der Waals surface area contributed by atoms with E-state index in [4.69, 9.17) is 16.9 Å². The second-order valence-electron chi connectivity index (χ2n) is 4.54. The van der Waals surface area contributed by atoms with Crippen LogP contribution in [0.15, 0.2) is 29.2 Å². The highest BCUT2D eigenvalue weighted by atomic mass is 35.5. The van der Waals surface area contributed by atoms with E-state index in [0.29, 0.717) is 0 Å². The van der Waals surface area contributed by atoms with Crippen molar-refractivity contribution in [3.8, 4) is 6.07 Å². The molecule has 0 atom stereocenters. The Kier molecular flexibility index (Phi) is 4.46. The first-order valence-corrected chi connectivity index (χ1v) is 8.10. The molecular formula is C13H15ClN2O2S. The third kappa shape index (κ3) is 3.27. The molecule has 0 saturated heterocycles. The molecule has 1 aliphatic rings. The summed E-state index contributed by atoms with van der Waals surface area (Å²) in [5.41, 5.74) is 0.777. The summed E-state index contributed by atoms with van der Waals surface area (Å²) < 4.78 is 26.6. The molecule has 1 aromatic carbocycles. The maximum atomic E-state index is 12.6. The van der Waals surface area contributed by atoms with E-state index < -0.39 is 10.0 Å². The molecule has 6 heteroatoms. The lowest BCUT2D eigenvalue weighted by Gasteiger charge is -2.21. The molecule has 2 rings (SSSR count). The molecule has 102 valence electrons. The fourth-order valence-electron chi connectivity index (χ4n) is 1.95. The first-order chi connectivity index (χ1) is 9.09. The molecule has 1 fully saturated rings. The smallest absolute Gasteiger partial charge is 0.207 e. The predicted octanol–water partition coefficient (Wildman–Crippen LogP) is 2.49. The highest BCUT2D eigenvalue weighted by molar-refractivity contribution is 7.89. The zero-order valence-corrected chi connectivity index (χ0v) is 12.0. The van der Waals surface area contributed by atoms with Gasteiger partial charge in [-0.1, -0.05) is 12.1 Å². The van der Waals surface area contributed by atoms with Gasteiger partial charge in [0.1, 0.15) is 0 Å². The topological polar surface area (TPSA) is 61.2 Å². The van der Waals surface area contributed by atoms with E-state index in [2.05, 4.69) is 0 Å². The number of rotatable bonds is 6. The van der Waals surface area contributed by atoms with Crippen molar-refractivity contribution in [3.63, 3.8) is 0 Å². The quantitative estimate of drug-likeness (QED) is 0.758. The molecule has 0 spiro atoms. The van der Waals surface area contributed by atoms with Gasteiger partial charge >= 0.3 is 0 Å². The lowest BCUT2D eigenvalue weighted by atomic mass is 10.2. The Morgan fingerprint density at radius 3 is 2.74 bits per heavy atom. The van der Waals surface area contributed by atoms with E-state index in [1.165, 1.54) is 4.31 Å². The minimum absolute atomic E-state index is 0.0537. The van der Waals surface area contributed by atoms with E-state index in [0.717, 1.165) is 18.4 Å². The number of nitriles is 1. The molecule has 0 N–H and O–H groups in total. The molecule has 0 aromatic heterocycles. The Morgan fingerprint density at radius 1 is 1.42 bits per heavy atom. The van der Waals surface area contributed by atoms with E-state index in [1.54, 1.807) is 24.3 Å². The van der Waals surface area contributed by atoms with E-state index in [1.807, 2.05) is 6.07 Å². The van der Waals surface area contributed by atoms with Gasteiger partial charge in [0.25, 0.3) is 0 Å². The normalized spacial score (nSPS) is 15.4. The van der Waals surface area contributed by atoms with Gasteiger partial charge in [-0.15, -0.1) is 11.6 Å². The third-order valence-corrected chi connectivity index (χ3v) is 5.31. The Morgan fingerprint density at radius 2 is 2.16 bits per heavy atom. The summed E-state index contributed by atoms with van der Waals surface area (Å²) in [6.45, 7) is 0.259. The standard InChI is InChI=1S/C13H15ClN2O2S/c14-10-11-3-1-4-13(9-11)19(17,18)16(8-2-7-15)12-5-6-12/h1,3-4,9,12H,2,5-6,8,10H2. The minimum atomic E-state index is -3.52. The number of sulfonamides is 1. The fourth-order valence-corrected chi connectivity index (χ4v) is 3.87. The summed E-state index contributed by atoms with van der Waals surface area (Å²) in [5, 5.41) is 8.65. The lowest BCUT2D eigenvalue weighted by molar-refractivity contribution is 0.411. The molecule has 1 aliphatic carbocycles. The van der Waals surface area contributed by atoms with Crippen molar-refractivity contribution in [3.05, 3.63) is 29.8 Å². The van der Waals surface area contributed by atoms with Gasteiger partial charge in [0.05, 0.1) is 11.0 Å². The van der Waals surface area contributed by atoms with Crippen LogP contribution in [0.2, 0.25) is 0 Å². The largest absolute Gasteiger partial charge is 0.243 e. The summed E-state index contributed by atoms with van der Waals surface area (Å²) in [6, 6.07) is 8.72. The van der Waals surface area contributed by atoms with Gasteiger partial charge in [-0.05, 0) is 30.5 Å². The molecule has 0 unspecified atom stereocenters. The predicted molar refractivity (Wildman–Crippen MR) is 73.1 cm³/mol. The van der Waals surface area contributed by atoms with Gasteiger partial charge in [-0.2, -0.15) is 9.57 Å².